The molecule has 0 spiro atoms. The highest BCUT2D eigenvalue weighted by Gasteiger charge is 2.34. The van der Waals surface area contributed by atoms with E-state index in [1.807, 2.05) is 0 Å². The number of aliphatic carboxylic acids is 1. The van der Waals surface area contributed by atoms with Crippen LogP contribution < -0.4 is 4.90 Å². The number of nitrogens with zero attached hydrogens (tertiary/aromatic N) is 1. The van der Waals surface area contributed by atoms with E-state index >= 15 is 0 Å². The Morgan fingerprint density at radius 1 is 1.28 bits per heavy atom. The molecule has 6 heteroatoms. The van der Waals surface area contributed by atoms with Crippen molar-refractivity contribution in [2.24, 2.45) is 0 Å². The highest BCUT2D eigenvalue weighted by Crippen LogP contribution is 2.30. The summed E-state index contributed by atoms with van der Waals surface area (Å²) in [6, 6.07) is 3.79. The van der Waals surface area contributed by atoms with Crippen LogP contribution in [0.15, 0.2) is 18.2 Å². The molecule has 4 nitrogen and oxygen atoms in total. The number of carboxylic acids is 1. The number of carbonyl (C=O) groups is 2. The lowest BCUT2D eigenvalue weighted by atomic mass is 10.0. The van der Waals surface area contributed by atoms with Gasteiger partial charge in [-0.25, -0.2) is 4.79 Å². The van der Waals surface area contributed by atoms with Gasteiger partial charge in [0.05, 0.1) is 0 Å². The van der Waals surface area contributed by atoms with Crippen molar-refractivity contribution in [3.05, 3.63) is 28.2 Å². The number of hydrogen-bond donors (Lipinski definition) is 1. The Bertz CT molecular complexity index is 484. The van der Waals surface area contributed by atoms with Crippen molar-refractivity contribution in [3.63, 3.8) is 0 Å². The third-order valence-electron chi connectivity index (χ3n) is 2.86. The molecule has 1 heterocycles. The van der Waals surface area contributed by atoms with Gasteiger partial charge in [0.2, 0.25) is 5.91 Å². The molecule has 1 atom stereocenters. The van der Waals surface area contributed by atoms with Gasteiger partial charge >= 0.3 is 5.97 Å². The SMILES string of the molecule is O=C(O)C1CCCC(=O)N1c1cc(Cl)cc(Cl)c1. The summed E-state index contributed by atoms with van der Waals surface area (Å²) in [5, 5.41) is 9.92. The molecule has 1 saturated heterocycles. The summed E-state index contributed by atoms with van der Waals surface area (Å²) in [7, 11) is 0. The number of rotatable bonds is 2. The molecule has 1 fully saturated rings. The summed E-state index contributed by atoms with van der Waals surface area (Å²) in [6.07, 6.45) is 1.36. The molecule has 18 heavy (non-hydrogen) atoms. The van der Waals surface area contributed by atoms with Gasteiger partial charge in [0.25, 0.3) is 0 Å². The fraction of sp³-hybridized carbons (Fsp3) is 0.333. The van der Waals surface area contributed by atoms with Crippen LogP contribution in [0.3, 0.4) is 0 Å². The lowest BCUT2D eigenvalue weighted by molar-refractivity contribution is -0.141. The maximum Gasteiger partial charge on any atom is 0.326 e. The first kappa shape index (κ1) is 13.2. The maximum absolute atomic E-state index is 11.9. The van der Waals surface area contributed by atoms with Gasteiger partial charge in [0, 0.05) is 22.2 Å². The van der Waals surface area contributed by atoms with Crippen LogP contribution in [-0.4, -0.2) is 23.0 Å². The first-order chi connectivity index (χ1) is 8.49. The Morgan fingerprint density at radius 3 is 2.44 bits per heavy atom. The quantitative estimate of drug-likeness (QED) is 0.910. The summed E-state index contributed by atoms with van der Waals surface area (Å²) in [6.45, 7) is 0. The summed E-state index contributed by atoms with van der Waals surface area (Å²) < 4.78 is 0. The van der Waals surface area contributed by atoms with Crippen LogP contribution in [0.4, 0.5) is 5.69 Å². The molecule has 1 unspecified atom stereocenters. The Kier molecular flexibility index (Phi) is 3.78. The van der Waals surface area contributed by atoms with Gasteiger partial charge in [0.15, 0.2) is 0 Å². The van der Waals surface area contributed by atoms with Crippen LogP contribution in [0, 0.1) is 0 Å². The second-order valence-corrected chi connectivity index (χ2v) is 5.01. The van der Waals surface area contributed by atoms with Crippen molar-refractivity contribution >= 4 is 40.8 Å². The first-order valence-corrected chi connectivity index (χ1v) is 6.25. The molecule has 1 aliphatic rings. The molecule has 1 aromatic rings. The number of hydrogen-bond acceptors (Lipinski definition) is 2. The van der Waals surface area contributed by atoms with E-state index in [1.54, 1.807) is 12.1 Å². The molecule has 0 radical (unpaired) electrons. The Hall–Kier alpha value is -1.26. The van der Waals surface area contributed by atoms with E-state index in [9.17, 15) is 9.59 Å². The zero-order valence-electron chi connectivity index (χ0n) is 9.40. The van der Waals surface area contributed by atoms with E-state index in [0.29, 0.717) is 35.0 Å². The lowest BCUT2D eigenvalue weighted by Gasteiger charge is -2.33. The van der Waals surface area contributed by atoms with Crippen LogP contribution in [0.1, 0.15) is 19.3 Å². The molecule has 1 aliphatic heterocycles. The van der Waals surface area contributed by atoms with Crippen molar-refractivity contribution in [1.82, 2.24) is 0 Å². The van der Waals surface area contributed by atoms with Crippen molar-refractivity contribution in [2.75, 3.05) is 4.90 Å². The van der Waals surface area contributed by atoms with Crippen LogP contribution in [0.25, 0.3) is 0 Å². The minimum Gasteiger partial charge on any atom is -0.480 e. The first-order valence-electron chi connectivity index (χ1n) is 5.50. The second-order valence-electron chi connectivity index (χ2n) is 4.14. The number of halogens is 2. The van der Waals surface area contributed by atoms with E-state index < -0.39 is 12.0 Å². The van der Waals surface area contributed by atoms with Crippen molar-refractivity contribution in [2.45, 2.75) is 25.3 Å². The lowest BCUT2D eigenvalue weighted by Crippen LogP contribution is -2.48. The molecule has 1 N–H and O–H groups in total. The molecule has 0 saturated carbocycles. The van der Waals surface area contributed by atoms with Gasteiger partial charge in [-0.2, -0.15) is 0 Å². The molecule has 0 bridgehead atoms. The maximum atomic E-state index is 11.9. The third kappa shape index (κ3) is 2.60. The minimum absolute atomic E-state index is 0.216. The Balaban J connectivity index is 2.43. The summed E-state index contributed by atoms with van der Waals surface area (Å²) in [5.41, 5.74) is 0.435. The molecule has 0 aromatic heterocycles. The summed E-state index contributed by atoms with van der Waals surface area (Å²) in [5.74, 6) is -1.23. The molecule has 0 aliphatic carbocycles. The van der Waals surface area contributed by atoms with Crippen LogP contribution >= 0.6 is 23.2 Å². The normalized spacial score (nSPS) is 20.0. The second kappa shape index (κ2) is 5.16. The zero-order chi connectivity index (χ0) is 13.3. The van der Waals surface area contributed by atoms with Crippen molar-refractivity contribution in [1.29, 1.82) is 0 Å². The number of carbonyl (C=O) groups excluding carboxylic acids is 1. The minimum atomic E-state index is -1.01. The predicted molar refractivity (Wildman–Crippen MR) is 69.2 cm³/mol. The third-order valence-corrected chi connectivity index (χ3v) is 3.30. The largest absolute Gasteiger partial charge is 0.480 e. The Labute approximate surface area is 114 Å². The van der Waals surface area contributed by atoms with Crippen molar-refractivity contribution < 1.29 is 14.7 Å². The highest BCUT2D eigenvalue weighted by atomic mass is 35.5. The van der Waals surface area contributed by atoms with Gasteiger partial charge in [-0.1, -0.05) is 23.2 Å². The van der Waals surface area contributed by atoms with Gasteiger partial charge in [-0.05, 0) is 31.0 Å². The number of carboxylic acid groups (broad SMARTS) is 1. The molecule has 1 aromatic carbocycles. The average Bonchev–Trinajstić information content (AvgIpc) is 2.26. The summed E-state index contributed by atoms with van der Waals surface area (Å²) in [4.78, 5) is 24.4. The fourth-order valence-electron chi connectivity index (χ4n) is 2.11. The summed E-state index contributed by atoms with van der Waals surface area (Å²) >= 11 is 11.7. The number of anilines is 1. The monoisotopic (exact) mass is 287 g/mol. The smallest absolute Gasteiger partial charge is 0.326 e. The van der Waals surface area contributed by atoms with Gasteiger partial charge < -0.3 is 5.11 Å². The highest BCUT2D eigenvalue weighted by molar-refractivity contribution is 6.35. The van der Waals surface area contributed by atoms with Crippen molar-refractivity contribution in [3.8, 4) is 0 Å². The van der Waals surface area contributed by atoms with Crippen LogP contribution in [-0.2, 0) is 9.59 Å². The standard InChI is InChI=1S/C12H11Cl2NO3/c13-7-4-8(14)6-9(5-7)15-10(12(17)18)2-1-3-11(15)16/h4-6,10H,1-3H2,(H,17,18). The predicted octanol–water partition coefficient (Wildman–Crippen LogP) is 2.96. The number of benzene rings is 1. The zero-order valence-corrected chi connectivity index (χ0v) is 10.9. The van der Waals surface area contributed by atoms with Crippen LogP contribution in [0.5, 0.6) is 0 Å². The molecule has 2 rings (SSSR count). The van der Waals surface area contributed by atoms with Gasteiger partial charge in [-0.15, -0.1) is 0 Å². The fourth-order valence-corrected chi connectivity index (χ4v) is 2.62. The molecular weight excluding hydrogens is 277 g/mol. The molecule has 96 valence electrons. The topological polar surface area (TPSA) is 57.6 Å². The van der Waals surface area contributed by atoms with E-state index in [0.717, 1.165) is 0 Å². The van der Waals surface area contributed by atoms with Crippen LogP contribution in [0.2, 0.25) is 10.0 Å². The number of piperidine rings is 1. The number of amides is 1. The Morgan fingerprint density at radius 2 is 1.89 bits per heavy atom. The van der Waals surface area contributed by atoms with E-state index in [2.05, 4.69) is 0 Å². The molecular formula is C12H11Cl2NO3. The van der Waals surface area contributed by atoms with E-state index in [4.69, 9.17) is 28.3 Å². The van der Waals surface area contributed by atoms with E-state index in [-0.39, 0.29) is 5.91 Å². The molecule has 1 amide bonds. The van der Waals surface area contributed by atoms with Gasteiger partial charge in [-0.3, -0.25) is 9.69 Å². The van der Waals surface area contributed by atoms with Gasteiger partial charge in [0.1, 0.15) is 6.04 Å². The van der Waals surface area contributed by atoms with E-state index in [1.165, 1.54) is 11.0 Å². The average molecular weight is 288 g/mol.